The molecule has 62 heavy (non-hydrogen) atoms. The monoisotopic (exact) mass is 1080 g/mol. The van der Waals surface area contributed by atoms with Crippen LogP contribution in [-0.4, -0.2) is 85.0 Å². The fourth-order valence-electron chi connectivity index (χ4n) is 16.8. The average molecular weight is 1090 g/mol. The zero-order chi connectivity index (χ0) is 39.5. The molecule has 1 spiro atoms. The summed E-state index contributed by atoms with van der Waals surface area (Å²) in [6.45, 7) is 8.35. The Morgan fingerprint density at radius 1 is 0.645 bits per heavy atom. The molecule has 4 bridgehead atoms. The number of rotatable bonds is 5. The third-order valence-corrected chi connectivity index (χ3v) is 19.6. The predicted octanol–water partition coefficient (Wildman–Crippen LogP) is 3.59. The van der Waals surface area contributed by atoms with Gasteiger partial charge in [-0.25, -0.2) is 0 Å². The van der Waals surface area contributed by atoms with Crippen LogP contribution in [0.3, 0.4) is 0 Å². The molecule has 6 nitrogen and oxygen atoms in total. The highest BCUT2D eigenvalue weighted by Crippen LogP contribution is 2.69. The molecule has 14 unspecified atom stereocenters. The molecule has 5 saturated heterocycles. The van der Waals surface area contributed by atoms with Crippen LogP contribution in [0.15, 0.2) is 135 Å². The van der Waals surface area contributed by atoms with Gasteiger partial charge in [-0.2, -0.15) is 0 Å². The Morgan fingerprint density at radius 2 is 1.26 bits per heavy atom. The lowest BCUT2D eigenvalue weighted by Crippen LogP contribution is -3.00. The van der Waals surface area contributed by atoms with Crippen molar-refractivity contribution in [3.63, 3.8) is 0 Å². The Kier molecular flexibility index (Phi) is 9.87. The molecule has 10 aliphatic rings. The van der Waals surface area contributed by atoms with E-state index in [0.29, 0.717) is 67.0 Å². The minimum atomic E-state index is -0.0210. The lowest BCUT2D eigenvalue weighted by Gasteiger charge is -2.65. The standard InChI is InChI=1S/C52H54Br2N4O2.2BrH/c53-36-14-10-32(11-15-36)28-57-22-18-39-44(57)26-40-34(30-57)19-24-59-50-46(40)48(39)55(38-6-2-1-3-7-38)51-47-41-27-45-52(42-8-4-5-9-43(42)56(50)49(47)52)21-23-58(45,31-35(41)20-25-60-51)29-33-12-16-37(54)17-13-33;;/h1-17,19-20,39-41,44-51H,18,21-31H2;2*1H/q+2;;/p-2. The number of para-hydroxylation sites is 2. The summed E-state index contributed by atoms with van der Waals surface area (Å²) in [6, 6.07) is 41.7. The van der Waals surface area contributed by atoms with Crippen LogP contribution < -0.4 is 43.8 Å². The Morgan fingerprint density at radius 3 is 1.97 bits per heavy atom. The summed E-state index contributed by atoms with van der Waals surface area (Å²) < 4.78 is 20.0. The lowest BCUT2D eigenvalue weighted by atomic mass is 9.53. The number of anilines is 2. The van der Waals surface area contributed by atoms with E-state index < -0.39 is 0 Å². The highest BCUT2D eigenvalue weighted by molar-refractivity contribution is 9.10. The van der Waals surface area contributed by atoms with Gasteiger partial charge < -0.3 is 62.2 Å². The molecule has 8 heterocycles. The molecule has 8 aliphatic heterocycles. The number of fused-ring (bicyclic) bond motifs is 4. The average Bonchev–Trinajstić information content (AvgIpc) is 3.81. The molecule has 0 aromatic heterocycles. The number of nitrogens with zero attached hydrogens (tertiary/aromatic N) is 4. The number of hydrogen-bond donors (Lipinski definition) is 0. The van der Waals surface area contributed by atoms with Crippen LogP contribution in [0.5, 0.6) is 0 Å². The first-order valence-electron chi connectivity index (χ1n) is 23.0. The van der Waals surface area contributed by atoms with Crippen molar-refractivity contribution in [2.24, 2.45) is 29.6 Å². The normalized spacial score (nSPS) is 40.6. The number of benzene rings is 4. The SMILES string of the molecule is Brc1ccc(C[N+]23CCC4C5C6C(CC42)C(=CCOC6N2c4ccccc4C46CC[N+]7(Cc8ccc(Br)cc8)CC8=CCOC(C(C8CC47)C26)N5c2ccccc2)C3)cc1.[Br-].[Br-]. The summed E-state index contributed by atoms with van der Waals surface area (Å²) in [7, 11) is 0. The largest absolute Gasteiger partial charge is 1.00 e. The summed E-state index contributed by atoms with van der Waals surface area (Å²) >= 11 is 7.46. The third-order valence-electron chi connectivity index (χ3n) is 18.5. The van der Waals surface area contributed by atoms with Crippen LogP contribution in [0.25, 0.3) is 0 Å². The van der Waals surface area contributed by atoms with Crippen LogP contribution in [0.1, 0.15) is 42.4 Å². The molecule has 0 N–H and O–H groups in total. The summed E-state index contributed by atoms with van der Waals surface area (Å²) in [5.41, 5.74) is 10.7. The van der Waals surface area contributed by atoms with Gasteiger partial charge >= 0.3 is 0 Å². The fraction of sp³-hybridized carbons (Fsp3) is 0.462. The Hall–Kier alpha value is -2.28. The minimum Gasteiger partial charge on any atom is -1.00 e. The molecule has 0 radical (unpaired) electrons. The molecule has 10 heteroatoms. The van der Waals surface area contributed by atoms with Gasteiger partial charge in [-0.05, 0) is 59.2 Å². The Balaban J connectivity index is 0.00000205. The molecule has 4 aromatic rings. The van der Waals surface area contributed by atoms with E-state index in [9.17, 15) is 0 Å². The van der Waals surface area contributed by atoms with E-state index >= 15 is 0 Å². The van der Waals surface area contributed by atoms with Crippen LogP contribution in [0, 0.1) is 29.6 Å². The molecule has 0 amide bonds. The van der Waals surface area contributed by atoms with Crippen molar-refractivity contribution in [2.75, 3.05) is 49.2 Å². The molecule has 2 saturated carbocycles. The molecule has 7 fully saturated rings. The fourth-order valence-corrected chi connectivity index (χ4v) is 17.3. The first kappa shape index (κ1) is 41.2. The number of halogens is 4. The van der Waals surface area contributed by atoms with E-state index in [-0.39, 0.29) is 51.8 Å². The highest BCUT2D eigenvalue weighted by atomic mass is 79.9. The van der Waals surface area contributed by atoms with E-state index in [2.05, 4.69) is 157 Å². The van der Waals surface area contributed by atoms with Gasteiger partial charge in [-0.3, -0.25) is 0 Å². The number of ether oxygens (including phenoxy) is 2. The van der Waals surface area contributed by atoms with Crippen LogP contribution in [-0.2, 0) is 28.0 Å². The number of piperidine rings is 2. The van der Waals surface area contributed by atoms with Crippen molar-refractivity contribution in [1.82, 2.24) is 0 Å². The van der Waals surface area contributed by atoms with Crippen molar-refractivity contribution in [2.45, 2.75) is 80.8 Å². The summed E-state index contributed by atoms with van der Waals surface area (Å²) in [5.74, 6) is 2.18. The van der Waals surface area contributed by atoms with Gasteiger partial charge in [-0.15, -0.1) is 0 Å². The maximum absolute atomic E-state index is 7.66. The molecule has 322 valence electrons. The third kappa shape index (κ3) is 5.50. The predicted molar refractivity (Wildman–Crippen MR) is 242 cm³/mol. The van der Waals surface area contributed by atoms with Gasteiger partial charge in [0.05, 0.1) is 43.8 Å². The molecule has 4 aromatic carbocycles. The molecule has 14 atom stereocenters. The van der Waals surface area contributed by atoms with Crippen molar-refractivity contribution in [3.8, 4) is 0 Å². The second-order valence-corrected chi connectivity index (χ2v) is 22.4. The van der Waals surface area contributed by atoms with Gasteiger partial charge in [-0.1, -0.05) is 105 Å². The van der Waals surface area contributed by atoms with Crippen LogP contribution >= 0.6 is 31.9 Å². The maximum atomic E-state index is 7.66. The molecular weight excluding hydrogens is 1030 g/mol. The van der Waals surface area contributed by atoms with Crippen LogP contribution in [0.4, 0.5) is 11.4 Å². The Bertz CT molecular complexity index is 2470. The van der Waals surface area contributed by atoms with E-state index in [0.717, 1.165) is 39.6 Å². The highest BCUT2D eigenvalue weighted by Gasteiger charge is 2.77. The topological polar surface area (TPSA) is 24.9 Å². The van der Waals surface area contributed by atoms with Crippen molar-refractivity contribution >= 4 is 43.2 Å². The van der Waals surface area contributed by atoms with Crippen molar-refractivity contribution in [1.29, 1.82) is 0 Å². The molecule has 2 aliphatic carbocycles. The first-order chi connectivity index (χ1) is 29.4. The second kappa shape index (κ2) is 14.9. The van der Waals surface area contributed by atoms with Crippen LogP contribution in [0.2, 0.25) is 0 Å². The van der Waals surface area contributed by atoms with Gasteiger partial charge in [0.15, 0.2) is 0 Å². The van der Waals surface area contributed by atoms with E-state index in [1.165, 1.54) is 65.8 Å². The van der Waals surface area contributed by atoms with E-state index in [4.69, 9.17) is 9.47 Å². The molecular formula is C52H54Br4N4O2. The van der Waals surface area contributed by atoms with Gasteiger partial charge in [0, 0.05) is 92.8 Å². The first-order valence-corrected chi connectivity index (χ1v) is 24.6. The Labute approximate surface area is 404 Å². The molecule has 14 rings (SSSR count). The number of quaternary nitrogens is 2. The smallest absolute Gasteiger partial charge is 0.136 e. The van der Waals surface area contributed by atoms with Crippen molar-refractivity contribution in [3.05, 3.63) is 152 Å². The lowest BCUT2D eigenvalue weighted by molar-refractivity contribution is -0.955. The summed E-state index contributed by atoms with van der Waals surface area (Å²) in [4.78, 5) is 5.95. The van der Waals surface area contributed by atoms with Gasteiger partial charge in [0.25, 0.3) is 0 Å². The second-order valence-electron chi connectivity index (χ2n) is 20.5. The maximum Gasteiger partial charge on any atom is 0.136 e. The van der Waals surface area contributed by atoms with E-state index in [1.807, 2.05) is 0 Å². The van der Waals surface area contributed by atoms with Crippen molar-refractivity contribution < 1.29 is 52.4 Å². The van der Waals surface area contributed by atoms with E-state index in [1.54, 1.807) is 16.7 Å². The zero-order valence-corrected chi connectivity index (χ0v) is 41.3. The summed E-state index contributed by atoms with van der Waals surface area (Å²) in [5, 5.41) is 0. The minimum absolute atomic E-state index is 0. The van der Waals surface area contributed by atoms with Gasteiger partial charge in [0.2, 0.25) is 0 Å². The van der Waals surface area contributed by atoms with Gasteiger partial charge in [0.1, 0.15) is 44.7 Å². The quantitative estimate of drug-likeness (QED) is 0.226. The zero-order valence-electron chi connectivity index (χ0n) is 34.9. The number of hydrogen-bond acceptors (Lipinski definition) is 4. The summed E-state index contributed by atoms with van der Waals surface area (Å²) in [6.07, 6.45) is 10.1.